The van der Waals surface area contributed by atoms with E-state index in [4.69, 9.17) is 0 Å². The third-order valence-corrected chi connectivity index (χ3v) is 13.9. The van der Waals surface area contributed by atoms with E-state index in [0.29, 0.717) is 0 Å². The molecule has 0 radical (unpaired) electrons. The standard InChI is InChI=1S/C42H31NSi/c1-5-16-32(17-6-1)33-28-30-35(31-29-33)43(34-18-7-2-8-19-34)40-26-15-25-39-38-24-13-14-27-41(38)44(42(39)40,36-20-9-3-10-21-36)37-22-11-4-12-23-37/h1-31H. The summed E-state index contributed by atoms with van der Waals surface area (Å²) in [5, 5.41) is 5.69. The molecule has 0 N–H and O–H groups in total. The number of nitrogens with zero attached hydrogens (tertiary/aromatic N) is 1. The summed E-state index contributed by atoms with van der Waals surface area (Å²) >= 11 is 0. The van der Waals surface area contributed by atoms with E-state index in [1.807, 2.05) is 0 Å². The van der Waals surface area contributed by atoms with Crippen molar-refractivity contribution in [1.29, 1.82) is 0 Å². The van der Waals surface area contributed by atoms with Gasteiger partial charge in [0.15, 0.2) is 8.07 Å². The maximum atomic E-state index is 2.47. The van der Waals surface area contributed by atoms with E-state index in [1.165, 1.54) is 48.7 Å². The van der Waals surface area contributed by atoms with Crippen molar-refractivity contribution in [1.82, 2.24) is 0 Å². The van der Waals surface area contributed by atoms with Crippen molar-refractivity contribution in [3.8, 4) is 22.3 Å². The van der Waals surface area contributed by atoms with Gasteiger partial charge >= 0.3 is 0 Å². The zero-order valence-electron chi connectivity index (χ0n) is 24.3. The van der Waals surface area contributed by atoms with Gasteiger partial charge in [-0.2, -0.15) is 0 Å². The Kier molecular flexibility index (Phi) is 6.55. The van der Waals surface area contributed by atoms with Gasteiger partial charge in [-0.1, -0.05) is 158 Å². The summed E-state index contributed by atoms with van der Waals surface area (Å²) in [6.07, 6.45) is 0. The van der Waals surface area contributed by atoms with Crippen molar-refractivity contribution in [2.24, 2.45) is 0 Å². The third-order valence-electron chi connectivity index (χ3n) is 8.94. The van der Waals surface area contributed by atoms with Crippen LogP contribution in [0.5, 0.6) is 0 Å². The second-order valence-corrected chi connectivity index (χ2v) is 15.0. The number of hydrogen-bond donors (Lipinski definition) is 0. The SMILES string of the molecule is c1ccc(-c2ccc(N(c3ccccc3)c3cccc4c3[Si](c3ccccc3)(c3ccccc3)c3ccccc3-4)cc2)cc1. The number of hydrogen-bond acceptors (Lipinski definition) is 1. The average molecular weight is 578 g/mol. The monoisotopic (exact) mass is 577 g/mol. The molecule has 1 heterocycles. The Morgan fingerprint density at radius 3 is 1.45 bits per heavy atom. The fourth-order valence-corrected chi connectivity index (χ4v) is 12.5. The van der Waals surface area contributed by atoms with Crippen molar-refractivity contribution in [3.05, 3.63) is 188 Å². The van der Waals surface area contributed by atoms with Gasteiger partial charge in [-0.3, -0.25) is 0 Å². The van der Waals surface area contributed by atoms with E-state index in [9.17, 15) is 0 Å². The zero-order chi connectivity index (χ0) is 29.3. The van der Waals surface area contributed by atoms with E-state index in [0.717, 1.165) is 11.4 Å². The first-order valence-corrected chi connectivity index (χ1v) is 17.2. The molecule has 0 bridgehead atoms. The highest BCUT2D eigenvalue weighted by atomic mass is 28.3. The van der Waals surface area contributed by atoms with Gasteiger partial charge in [0.25, 0.3) is 0 Å². The smallest absolute Gasteiger partial charge is 0.183 e. The van der Waals surface area contributed by atoms with Gasteiger partial charge in [0, 0.05) is 17.1 Å². The molecule has 0 unspecified atom stereocenters. The second kappa shape index (κ2) is 11.0. The summed E-state index contributed by atoms with van der Waals surface area (Å²) in [6.45, 7) is 0. The van der Waals surface area contributed by atoms with Crippen LogP contribution in [0.2, 0.25) is 0 Å². The van der Waals surface area contributed by atoms with Crippen molar-refractivity contribution >= 4 is 45.9 Å². The maximum Gasteiger partial charge on any atom is 0.183 e. The Hall–Kier alpha value is -5.44. The van der Waals surface area contributed by atoms with Crippen molar-refractivity contribution < 1.29 is 0 Å². The molecule has 44 heavy (non-hydrogen) atoms. The first-order chi connectivity index (χ1) is 21.9. The summed E-state index contributed by atoms with van der Waals surface area (Å²) in [6, 6.07) is 68.9. The van der Waals surface area contributed by atoms with Crippen LogP contribution in [0.3, 0.4) is 0 Å². The van der Waals surface area contributed by atoms with Crippen LogP contribution in [0.25, 0.3) is 22.3 Å². The molecule has 0 saturated carbocycles. The molecule has 0 aliphatic carbocycles. The molecule has 0 spiro atoms. The lowest BCUT2D eigenvalue weighted by molar-refractivity contribution is 1.29. The Bertz CT molecular complexity index is 2000. The Morgan fingerprint density at radius 2 is 0.818 bits per heavy atom. The van der Waals surface area contributed by atoms with Crippen LogP contribution in [0.4, 0.5) is 17.1 Å². The number of rotatable bonds is 6. The average Bonchev–Trinajstić information content (AvgIpc) is 3.42. The molecular formula is C42H31NSi. The lowest BCUT2D eigenvalue weighted by Gasteiger charge is -2.36. The molecule has 0 amide bonds. The highest BCUT2D eigenvalue weighted by molar-refractivity contribution is 7.22. The van der Waals surface area contributed by atoms with Crippen LogP contribution >= 0.6 is 0 Å². The lowest BCUT2D eigenvalue weighted by atomic mass is 10.0. The molecule has 0 aromatic heterocycles. The zero-order valence-corrected chi connectivity index (χ0v) is 25.3. The molecule has 0 saturated heterocycles. The van der Waals surface area contributed by atoms with Gasteiger partial charge in [-0.15, -0.1) is 0 Å². The summed E-state index contributed by atoms with van der Waals surface area (Å²) in [5.41, 5.74) is 8.64. The van der Waals surface area contributed by atoms with Crippen LogP contribution in [-0.4, -0.2) is 8.07 Å². The Balaban J connectivity index is 1.44. The van der Waals surface area contributed by atoms with Gasteiger partial charge in [0.05, 0.1) is 0 Å². The number of anilines is 3. The van der Waals surface area contributed by atoms with Crippen LogP contribution in [0, 0.1) is 0 Å². The maximum absolute atomic E-state index is 2.70. The minimum absolute atomic E-state index is 1.14. The lowest BCUT2D eigenvalue weighted by Crippen LogP contribution is -2.73. The highest BCUT2D eigenvalue weighted by Gasteiger charge is 2.50. The minimum atomic E-state index is -2.70. The molecule has 2 heteroatoms. The van der Waals surface area contributed by atoms with E-state index in [-0.39, 0.29) is 0 Å². The second-order valence-electron chi connectivity index (χ2n) is 11.3. The first kappa shape index (κ1) is 26.2. The predicted octanol–water partition coefficient (Wildman–Crippen LogP) is 8.18. The van der Waals surface area contributed by atoms with Crippen molar-refractivity contribution in [3.63, 3.8) is 0 Å². The van der Waals surface area contributed by atoms with Gasteiger partial charge in [-0.25, -0.2) is 0 Å². The van der Waals surface area contributed by atoms with E-state index < -0.39 is 8.07 Å². The molecule has 7 aromatic carbocycles. The summed E-state index contributed by atoms with van der Waals surface area (Å²) in [7, 11) is -2.70. The van der Waals surface area contributed by atoms with Gasteiger partial charge in [-0.05, 0) is 73.3 Å². The summed E-state index contributed by atoms with van der Waals surface area (Å²) in [5.74, 6) is 0. The number of fused-ring (bicyclic) bond motifs is 3. The molecule has 208 valence electrons. The molecule has 8 rings (SSSR count). The fourth-order valence-electron chi connectivity index (χ4n) is 7.11. The Labute approximate surface area is 260 Å². The third kappa shape index (κ3) is 4.15. The van der Waals surface area contributed by atoms with Gasteiger partial charge < -0.3 is 4.90 Å². The van der Waals surface area contributed by atoms with E-state index in [1.54, 1.807) is 0 Å². The van der Waals surface area contributed by atoms with Crippen LogP contribution < -0.4 is 25.6 Å². The van der Waals surface area contributed by atoms with Crippen molar-refractivity contribution in [2.75, 3.05) is 4.90 Å². The minimum Gasteiger partial charge on any atom is -0.311 e. The van der Waals surface area contributed by atoms with Gasteiger partial charge in [0.1, 0.15) is 0 Å². The summed E-state index contributed by atoms with van der Waals surface area (Å²) in [4.78, 5) is 2.47. The largest absolute Gasteiger partial charge is 0.311 e. The molecule has 1 nitrogen and oxygen atoms in total. The number of benzene rings is 7. The predicted molar refractivity (Wildman–Crippen MR) is 189 cm³/mol. The first-order valence-electron chi connectivity index (χ1n) is 15.2. The van der Waals surface area contributed by atoms with Crippen LogP contribution in [0.1, 0.15) is 0 Å². The van der Waals surface area contributed by atoms with Gasteiger partial charge in [0.2, 0.25) is 0 Å². The molecule has 1 aliphatic heterocycles. The molecule has 0 fully saturated rings. The van der Waals surface area contributed by atoms with Crippen molar-refractivity contribution in [2.45, 2.75) is 0 Å². The quantitative estimate of drug-likeness (QED) is 0.180. The highest BCUT2D eigenvalue weighted by Crippen LogP contribution is 2.40. The molecule has 1 aliphatic rings. The Morgan fingerprint density at radius 1 is 0.341 bits per heavy atom. The van der Waals surface area contributed by atoms with E-state index in [2.05, 4.69) is 193 Å². The molecular weight excluding hydrogens is 547 g/mol. The fraction of sp³-hybridized carbons (Fsp3) is 0. The van der Waals surface area contributed by atoms with Crippen LogP contribution in [-0.2, 0) is 0 Å². The molecule has 7 aromatic rings. The topological polar surface area (TPSA) is 3.24 Å². The van der Waals surface area contributed by atoms with E-state index >= 15 is 0 Å². The normalized spacial score (nSPS) is 12.7. The molecule has 0 atom stereocenters. The van der Waals surface area contributed by atoms with Crippen LogP contribution in [0.15, 0.2) is 188 Å². The number of para-hydroxylation sites is 1. The summed E-state index contributed by atoms with van der Waals surface area (Å²) < 4.78 is 0.